The Labute approximate surface area is 182 Å². The summed E-state index contributed by atoms with van der Waals surface area (Å²) in [7, 11) is 0. The minimum absolute atomic E-state index is 0.0659. The van der Waals surface area contributed by atoms with Crippen molar-refractivity contribution in [3.05, 3.63) is 63.9 Å². The SMILES string of the molecule is CC(C)N1C[C@@H](N(Cc2cccc(F)c2C(F)(F)F)c2ccc(C#N)c(Cl)c2)CC1=O. The van der Waals surface area contributed by atoms with Crippen LogP contribution in [-0.4, -0.2) is 29.4 Å². The molecule has 0 saturated carbocycles. The van der Waals surface area contributed by atoms with Gasteiger partial charge in [-0.05, 0) is 43.7 Å². The molecule has 0 unspecified atom stereocenters. The van der Waals surface area contributed by atoms with E-state index in [9.17, 15) is 22.4 Å². The first-order valence-electron chi connectivity index (χ1n) is 9.63. The molecule has 1 aliphatic rings. The quantitative estimate of drug-likeness (QED) is 0.571. The van der Waals surface area contributed by atoms with Gasteiger partial charge in [0.05, 0.1) is 22.2 Å². The van der Waals surface area contributed by atoms with Crippen LogP contribution in [0.5, 0.6) is 0 Å². The largest absolute Gasteiger partial charge is 0.419 e. The lowest BCUT2D eigenvalue weighted by molar-refractivity contribution is -0.140. The Balaban J connectivity index is 2.06. The first-order chi connectivity index (χ1) is 14.5. The average molecular weight is 454 g/mol. The predicted octanol–water partition coefficient (Wildman–Crippen LogP) is 5.39. The Bertz CT molecular complexity index is 1030. The van der Waals surface area contributed by atoms with Gasteiger partial charge in [0, 0.05) is 31.2 Å². The van der Waals surface area contributed by atoms with Crippen LogP contribution in [0.3, 0.4) is 0 Å². The standard InChI is InChI=1S/C22H20ClF4N3O/c1-13(2)29-12-17(9-20(29)31)30(16-7-6-14(10-28)18(23)8-16)11-15-4-3-5-19(24)21(15)22(25,26)27/h3-8,13,17H,9,11-12H2,1-2H3/t17-/m0/s1. The lowest BCUT2D eigenvalue weighted by Gasteiger charge is -2.32. The van der Waals surface area contributed by atoms with Gasteiger partial charge in [-0.2, -0.15) is 18.4 Å². The second-order valence-electron chi connectivity index (χ2n) is 7.67. The molecule has 1 amide bonds. The van der Waals surface area contributed by atoms with E-state index in [2.05, 4.69) is 0 Å². The summed E-state index contributed by atoms with van der Waals surface area (Å²) < 4.78 is 54.8. The van der Waals surface area contributed by atoms with E-state index in [1.54, 1.807) is 15.9 Å². The highest BCUT2D eigenvalue weighted by Gasteiger charge is 2.39. The van der Waals surface area contributed by atoms with Crippen molar-refractivity contribution in [3.63, 3.8) is 0 Å². The van der Waals surface area contributed by atoms with E-state index in [1.807, 2.05) is 19.9 Å². The minimum Gasteiger partial charge on any atom is -0.362 e. The Morgan fingerprint density at radius 3 is 2.55 bits per heavy atom. The van der Waals surface area contributed by atoms with Crippen molar-refractivity contribution in [1.29, 1.82) is 5.26 Å². The molecular weight excluding hydrogens is 434 g/mol. The van der Waals surface area contributed by atoms with Crippen LogP contribution in [0, 0.1) is 17.1 Å². The summed E-state index contributed by atoms with van der Waals surface area (Å²) in [4.78, 5) is 15.7. The zero-order valence-electron chi connectivity index (χ0n) is 16.9. The van der Waals surface area contributed by atoms with E-state index in [-0.39, 0.29) is 41.1 Å². The number of hydrogen-bond donors (Lipinski definition) is 0. The number of nitrogens with zero attached hydrogens (tertiary/aromatic N) is 3. The molecule has 1 heterocycles. The molecule has 1 fully saturated rings. The van der Waals surface area contributed by atoms with Gasteiger partial charge in [-0.15, -0.1) is 0 Å². The molecule has 0 aromatic heterocycles. The van der Waals surface area contributed by atoms with Gasteiger partial charge in [-0.25, -0.2) is 4.39 Å². The highest BCUT2D eigenvalue weighted by Crippen LogP contribution is 2.37. The number of benzene rings is 2. The smallest absolute Gasteiger partial charge is 0.362 e. The molecule has 31 heavy (non-hydrogen) atoms. The van der Waals surface area contributed by atoms with Crippen LogP contribution < -0.4 is 4.90 Å². The molecule has 2 aromatic rings. The van der Waals surface area contributed by atoms with E-state index in [4.69, 9.17) is 16.9 Å². The van der Waals surface area contributed by atoms with Crippen LogP contribution in [0.1, 0.15) is 37.0 Å². The molecule has 1 aliphatic heterocycles. The fraction of sp³-hybridized carbons (Fsp3) is 0.364. The number of amides is 1. The number of carbonyl (C=O) groups is 1. The van der Waals surface area contributed by atoms with Gasteiger partial charge in [-0.1, -0.05) is 23.7 Å². The molecule has 9 heteroatoms. The first-order valence-corrected chi connectivity index (χ1v) is 10.0. The van der Waals surface area contributed by atoms with Crippen molar-refractivity contribution in [1.82, 2.24) is 4.90 Å². The molecule has 2 aromatic carbocycles. The lowest BCUT2D eigenvalue weighted by Crippen LogP contribution is -2.39. The maximum Gasteiger partial charge on any atom is 0.419 e. The molecule has 0 aliphatic carbocycles. The molecule has 0 bridgehead atoms. The molecule has 164 valence electrons. The number of hydrogen-bond acceptors (Lipinski definition) is 3. The second-order valence-corrected chi connectivity index (χ2v) is 8.08. The molecule has 0 spiro atoms. The maximum absolute atomic E-state index is 14.1. The summed E-state index contributed by atoms with van der Waals surface area (Å²) in [6.45, 7) is 3.75. The van der Waals surface area contributed by atoms with Crippen molar-refractivity contribution in [3.8, 4) is 6.07 Å². The summed E-state index contributed by atoms with van der Waals surface area (Å²) in [6, 6.07) is 9.17. The average Bonchev–Trinajstić information content (AvgIpc) is 3.06. The third kappa shape index (κ3) is 4.77. The Hall–Kier alpha value is -2.79. The molecule has 0 radical (unpaired) electrons. The minimum atomic E-state index is -4.87. The molecular formula is C22H20ClF4N3O. The Morgan fingerprint density at radius 1 is 1.29 bits per heavy atom. The number of alkyl halides is 3. The number of carbonyl (C=O) groups excluding carboxylic acids is 1. The number of halogens is 5. The summed E-state index contributed by atoms with van der Waals surface area (Å²) in [5, 5.41) is 9.26. The van der Waals surface area contributed by atoms with Crippen LogP contribution in [-0.2, 0) is 17.5 Å². The molecule has 0 N–H and O–H groups in total. The van der Waals surface area contributed by atoms with Crippen LogP contribution in [0.15, 0.2) is 36.4 Å². The fourth-order valence-electron chi connectivity index (χ4n) is 3.83. The fourth-order valence-corrected chi connectivity index (χ4v) is 4.04. The molecule has 1 atom stereocenters. The number of nitriles is 1. The van der Waals surface area contributed by atoms with E-state index in [0.717, 1.165) is 6.07 Å². The summed E-state index contributed by atoms with van der Waals surface area (Å²) in [6.07, 6.45) is -4.77. The summed E-state index contributed by atoms with van der Waals surface area (Å²) in [5.41, 5.74) is -0.906. The van der Waals surface area contributed by atoms with Crippen LogP contribution in [0.4, 0.5) is 23.2 Å². The van der Waals surface area contributed by atoms with E-state index < -0.39 is 23.6 Å². The second kappa shape index (κ2) is 8.75. The molecule has 1 saturated heterocycles. The maximum atomic E-state index is 14.1. The van der Waals surface area contributed by atoms with Crippen LogP contribution in [0.2, 0.25) is 5.02 Å². The van der Waals surface area contributed by atoms with Gasteiger partial charge in [0.25, 0.3) is 0 Å². The summed E-state index contributed by atoms with van der Waals surface area (Å²) in [5.74, 6) is -1.46. The summed E-state index contributed by atoms with van der Waals surface area (Å²) >= 11 is 6.15. The van der Waals surface area contributed by atoms with Gasteiger partial charge in [0.2, 0.25) is 5.91 Å². The van der Waals surface area contributed by atoms with Crippen LogP contribution >= 0.6 is 11.6 Å². The third-order valence-electron chi connectivity index (χ3n) is 5.33. The first kappa shape index (κ1) is 22.9. The van der Waals surface area contributed by atoms with Crippen molar-refractivity contribution in [2.75, 3.05) is 11.4 Å². The Kier molecular flexibility index (Phi) is 6.46. The van der Waals surface area contributed by atoms with Gasteiger partial charge < -0.3 is 9.80 Å². The van der Waals surface area contributed by atoms with Gasteiger partial charge in [-0.3, -0.25) is 4.79 Å². The monoisotopic (exact) mass is 453 g/mol. The molecule has 4 nitrogen and oxygen atoms in total. The highest BCUT2D eigenvalue weighted by molar-refractivity contribution is 6.32. The Morgan fingerprint density at radius 2 is 2.00 bits per heavy atom. The topological polar surface area (TPSA) is 47.3 Å². The van der Waals surface area contributed by atoms with Crippen molar-refractivity contribution in [2.24, 2.45) is 0 Å². The normalized spacial score (nSPS) is 16.7. The number of likely N-dealkylation sites (tertiary alicyclic amines) is 1. The van der Waals surface area contributed by atoms with Crippen LogP contribution in [0.25, 0.3) is 0 Å². The van der Waals surface area contributed by atoms with Crippen molar-refractivity contribution in [2.45, 2.75) is 45.1 Å². The van der Waals surface area contributed by atoms with Crippen molar-refractivity contribution >= 4 is 23.2 Å². The third-order valence-corrected chi connectivity index (χ3v) is 5.64. The zero-order valence-corrected chi connectivity index (χ0v) is 17.6. The van der Waals surface area contributed by atoms with Gasteiger partial charge >= 0.3 is 6.18 Å². The van der Waals surface area contributed by atoms with Gasteiger partial charge in [0.15, 0.2) is 0 Å². The lowest BCUT2D eigenvalue weighted by atomic mass is 10.0. The zero-order chi connectivity index (χ0) is 22.9. The van der Waals surface area contributed by atoms with Gasteiger partial charge in [0.1, 0.15) is 11.9 Å². The van der Waals surface area contributed by atoms with E-state index in [0.29, 0.717) is 12.2 Å². The van der Waals surface area contributed by atoms with E-state index >= 15 is 0 Å². The number of anilines is 1. The number of rotatable bonds is 5. The highest BCUT2D eigenvalue weighted by atomic mass is 35.5. The van der Waals surface area contributed by atoms with Crippen molar-refractivity contribution < 1.29 is 22.4 Å². The van der Waals surface area contributed by atoms with E-state index in [1.165, 1.54) is 24.3 Å². The predicted molar refractivity (Wildman–Crippen MR) is 109 cm³/mol. The molecule has 3 rings (SSSR count).